The lowest BCUT2D eigenvalue weighted by Crippen LogP contribution is -2.12. The summed E-state index contributed by atoms with van der Waals surface area (Å²) in [6.07, 6.45) is 0. The number of aromatic amines is 1. The van der Waals surface area contributed by atoms with Crippen molar-refractivity contribution in [3.8, 4) is 22.1 Å². The van der Waals surface area contributed by atoms with Gasteiger partial charge in [-0.05, 0) is 31.2 Å². The number of nitrogens with one attached hydrogen (secondary N) is 1. The highest BCUT2D eigenvalue weighted by Crippen LogP contribution is 2.25. The third-order valence-corrected chi connectivity index (χ3v) is 3.74. The number of methoxy groups -OCH3 is 1. The van der Waals surface area contributed by atoms with E-state index in [0.717, 1.165) is 22.7 Å². The van der Waals surface area contributed by atoms with Crippen molar-refractivity contribution in [1.29, 1.82) is 0 Å². The molecule has 1 aromatic carbocycles. The molecule has 2 aromatic heterocycles. The molecule has 0 fully saturated rings. The predicted octanol–water partition coefficient (Wildman–Crippen LogP) is 2.61. The Bertz CT molecular complexity index is 783. The zero-order valence-electron chi connectivity index (χ0n) is 11.1. The summed E-state index contributed by atoms with van der Waals surface area (Å²) in [5.41, 5.74) is 2.55. The van der Waals surface area contributed by atoms with E-state index in [4.69, 9.17) is 4.74 Å². The number of benzene rings is 1. The molecule has 102 valence electrons. The maximum absolute atomic E-state index is 11.8. The predicted molar refractivity (Wildman–Crippen MR) is 78.8 cm³/mol. The molecule has 6 heteroatoms. The van der Waals surface area contributed by atoms with Crippen molar-refractivity contribution in [1.82, 2.24) is 14.8 Å². The summed E-state index contributed by atoms with van der Waals surface area (Å²) in [7, 11) is 1.63. The van der Waals surface area contributed by atoms with Crippen molar-refractivity contribution >= 4 is 11.3 Å². The second-order valence-corrected chi connectivity index (χ2v) is 5.19. The van der Waals surface area contributed by atoms with Crippen LogP contribution in [-0.2, 0) is 0 Å². The monoisotopic (exact) mass is 287 g/mol. The zero-order chi connectivity index (χ0) is 14.1. The molecule has 20 heavy (non-hydrogen) atoms. The SMILES string of the molecule is COc1ccc(-c2csc(-n3[nH]c(C)cc3=O)n2)cc1. The Labute approximate surface area is 119 Å². The molecule has 0 saturated heterocycles. The van der Waals surface area contributed by atoms with E-state index in [1.54, 1.807) is 13.2 Å². The van der Waals surface area contributed by atoms with E-state index in [-0.39, 0.29) is 5.56 Å². The fourth-order valence-electron chi connectivity index (χ4n) is 1.92. The van der Waals surface area contributed by atoms with Gasteiger partial charge in [0.25, 0.3) is 5.56 Å². The van der Waals surface area contributed by atoms with Crippen molar-refractivity contribution in [2.45, 2.75) is 6.92 Å². The lowest BCUT2D eigenvalue weighted by Gasteiger charge is -2.00. The molecule has 2 heterocycles. The normalized spacial score (nSPS) is 10.7. The van der Waals surface area contributed by atoms with E-state index in [0.29, 0.717) is 5.13 Å². The molecule has 5 nitrogen and oxygen atoms in total. The van der Waals surface area contributed by atoms with Gasteiger partial charge >= 0.3 is 0 Å². The number of thiazole rings is 1. The van der Waals surface area contributed by atoms with Gasteiger partial charge in [0.2, 0.25) is 5.13 Å². The smallest absolute Gasteiger partial charge is 0.273 e. The molecule has 0 saturated carbocycles. The summed E-state index contributed by atoms with van der Waals surface area (Å²) < 4.78 is 6.58. The average Bonchev–Trinajstić information content (AvgIpc) is 3.05. The minimum Gasteiger partial charge on any atom is -0.497 e. The van der Waals surface area contributed by atoms with E-state index in [2.05, 4.69) is 10.1 Å². The molecule has 0 atom stereocenters. The first-order chi connectivity index (χ1) is 9.67. The third-order valence-electron chi connectivity index (χ3n) is 2.92. The summed E-state index contributed by atoms with van der Waals surface area (Å²) in [5, 5.41) is 5.54. The topological polar surface area (TPSA) is 59.9 Å². The van der Waals surface area contributed by atoms with Crippen LogP contribution in [0.3, 0.4) is 0 Å². The summed E-state index contributed by atoms with van der Waals surface area (Å²) in [6, 6.07) is 9.22. The summed E-state index contributed by atoms with van der Waals surface area (Å²) in [6.45, 7) is 1.84. The number of hydrogen-bond donors (Lipinski definition) is 1. The Hall–Kier alpha value is -2.34. The van der Waals surface area contributed by atoms with Crippen LogP contribution in [0.25, 0.3) is 16.4 Å². The second-order valence-electron chi connectivity index (χ2n) is 4.36. The fourth-order valence-corrected chi connectivity index (χ4v) is 2.71. The van der Waals surface area contributed by atoms with Gasteiger partial charge < -0.3 is 4.74 Å². The van der Waals surface area contributed by atoms with Gasteiger partial charge in [0, 0.05) is 22.7 Å². The van der Waals surface area contributed by atoms with Gasteiger partial charge in [0.15, 0.2) is 0 Å². The molecule has 0 aliphatic rings. The van der Waals surface area contributed by atoms with E-state index < -0.39 is 0 Å². The van der Waals surface area contributed by atoms with Crippen LogP contribution in [0.1, 0.15) is 5.69 Å². The number of aryl methyl sites for hydroxylation is 1. The first-order valence-electron chi connectivity index (χ1n) is 6.06. The van der Waals surface area contributed by atoms with Crippen LogP contribution in [0, 0.1) is 6.92 Å². The van der Waals surface area contributed by atoms with Crippen LogP contribution in [-0.4, -0.2) is 21.9 Å². The van der Waals surface area contributed by atoms with E-state index in [1.807, 2.05) is 36.6 Å². The summed E-state index contributed by atoms with van der Waals surface area (Å²) in [5.74, 6) is 0.806. The lowest BCUT2D eigenvalue weighted by molar-refractivity contribution is 0.415. The molecule has 3 rings (SSSR count). The van der Waals surface area contributed by atoms with Gasteiger partial charge in [-0.15, -0.1) is 11.3 Å². The Morgan fingerprint density at radius 3 is 2.65 bits per heavy atom. The Morgan fingerprint density at radius 2 is 2.05 bits per heavy atom. The van der Waals surface area contributed by atoms with E-state index in [9.17, 15) is 4.79 Å². The summed E-state index contributed by atoms with van der Waals surface area (Å²) >= 11 is 1.42. The van der Waals surface area contributed by atoms with Crippen molar-refractivity contribution < 1.29 is 4.74 Å². The zero-order valence-corrected chi connectivity index (χ0v) is 11.9. The molecule has 1 N–H and O–H groups in total. The lowest BCUT2D eigenvalue weighted by atomic mass is 10.2. The molecule has 0 aliphatic heterocycles. The van der Waals surface area contributed by atoms with Crippen molar-refractivity contribution in [3.63, 3.8) is 0 Å². The van der Waals surface area contributed by atoms with Crippen LogP contribution < -0.4 is 10.3 Å². The van der Waals surface area contributed by atoms with Crippen LogP contribution in [0.2, 0.25) is 0 Å². The minimum absolute atomic E-state index is 0.0990. The number of rotatable bonds is 3. The highest BCUT2D eigenvalue weighted by Gasteiger charge is 2.09. The maximum Gasteiger partial charge on any atom is 0.273 e. The number of aromatic nitrogens is 3. The van der Waals surface area contributed by atoms with Gasteiger partial charge in [-0.3, -0.25) is 9.89 Å². The molecule has 0 aliphatic carbocycles. The van der Waals surface area contributed by atoms with Crippen molar-refractivity contribution in [3.05, 3.63) is 51.8 Å². The highest BCUT2D eigenvalue weighted by atomic mass is 32.1. The quantitative estimate of drug-likeness (QED) is 0.805. The largest absolute Gasteiger partial charge is 0.497 e. The Kier molecular flexibility index (Phi) is 3.15. The third kappa shape index (κ3) is 2.25. The maximum atomic E-state index is 11.8. The first-order valence-corrected chi connectivity index (χ1v) is 6.94. The number of nitrogens with zero attached hydrogens (tertiary/aromatic N) is 2. The van der Waals surface area contributed by atoms with Gasteiger partial charge in [-0.1, -0.05) is 0 Å². The minimum atomic E-state index is -0.0990. The Morgan fingerprint density at radius 1 is 1.30 bits per heavy atom. The van der Waals surface area contributed by atoms with Crippen LogP contribution in [0.15, 0.2) is 40.5 Å². The van der Waals surface area contributed by atoms with Crippen molar-refractivity contribution in [2.24, 2.45) is 0 Å². The molecular formula is C14H13N3O2S. The molecule has 0 radical (unpaired) electrons. The van der Waals surface area contributed by atoms with Crippen molar-refractivity contribution in [2.75, 3.05) is 7.11 Å². The number of ether oxygens (including phenoxy) is 1. The highest BCUT2D eigenvalue weighted by molar-refractivity contribution is 7.12. The number of hydrogen-bond acceptors (Lipinski definition) is 4. The van der Waals surface area contributed by atoms with E-state index >= 15 is 0 Å². The molecule has 0 amide bonds. The Balaban J connectivity index is 1.97. The second kappa shape index (κ2) is 4.97. The molecule has 3 aromatic rings. The molecule has 0 spiro atoms. The molecular weight excluding hydrogens is 274 g/mol. The first kappa shape index (κ1) is 12.7. The molecule has 0 unspecified atom stereocenters. The van der Waals surface area contributed by atoms with Gasteiger partial charge in [-0.25, -0.2) is 4.98 Å². The van der Waals surface area contributed by atoms with Crippen LogP contribution in [0.5, 0.6) is 5.75 Å². The number of H-pyrrole nitrogens is 1. The van der Waals surface area contributed by atoms with Gasteiger partial charge in [0.1, 0.15) is 5.75 Å². The van der Waals surface area contributed by atoms with E-state index in [1.165, 1.54) is 16.0 Å². The van der Waals surface area contributed by atoms with Gasteiger partial charge in [-0.2, -0.15) is 4.68 Å². The van der Waals surface area contributed by atoms with Crippen LogP contribution in [0.4, 0.5) is 0 Å². The summed E-state index contributed by atoms with van der Waals surface area (Å²) in [4.78, 5) is 16.2. The fraction of sp³-hybridized carbons (Fsp3) is 0.143. The van der Waals surface area contributed by atoms with Gasteiger partial charge in [0.05, 0.1) is 12.8 Å². The van der Waals surface area contributed by atoms with Crippen LogP contribution >= 0.6 is 11.3 Å². The molecule has 0 bridgehead atoms. The standard InChI is InChI=1S/C14H13N3O2S/c1-9-7-13(18)17(16-9)14-15-12(8-20-14)10-3-5-11(19-2)6-4-10/h3-8,16H,1-2H3. The average molecular weight is 287 g/mol.